The zero-order chi connectivity index (χ0) is 22.2. The van der Waals surface area contributed by atoms with Crippen molar-refractivity contribution in [2.75, 3.05) is 23.9 Å². The van der Waals surface area contributed by atoms with Crippen LogP contribution in [0.4, 0.5) is 11.4 Å². The van der Waals surface area contributed by atoms with E-state index in [9.17, 15) is 14.4 Å². The van der Waals surface area contributed by atoms with Gasteiger partial charge in [-0.3, -0.25) is 18.7 Å². The summed E-state index contributed by atoms with van der Waals surface area (Å²) in [5.74, 6) is -0.769. The van der Waals surface area contributed by atoms with Crippen LogP contribution in [0.2, 0.25) is 0 Å². The number of hydrogen-bond acceptors (Lipinski definition) is 4. The van der Waals surface area contributed by atoms with Gasteiger partial charge in [0.1, 0.15) is 0 Å². The summed E-state index contributed by atoms with van der Waals surface area (Å²) in [5.41, 5.74) is 3.26. The minimum absolute atomic E-state index is 0.173. The van der Waals surface area contributed by atoms with Crippen molar-refractivity contribution < 1.29 is 9.59 Å². The number of fused-ring (bicyclic) bond motifs is 1. The van der Waals surface area contributed by atoms with Crippen LogP contribution in [0.1, 0.15) is 20.7 Å². The van der Waals surface area contributed by atoms with Crippen molar-refractivity contribution in [3.05, 3.63) is 68.5 Å². The predicted molar refractivity (Wildman–Crippen MR) is 125 cm³/mol. The number of hydrogen-bond donors (Lipinski definition) is 0. The zero-order valence-electron chi connectivity index (χ0n) is 17.4. The first-order chi connectivity index (χ1) is 14.7. The standard InChI is InChI=1S/C23H19BrN4O3/c1-25(2)16-10-17-18(27(4)23(31)26(17)3)11-19(16)28-21(29)13-7-5-6-12-15(24)9-8-14(20(12)13)22(28)30/h5-11H,1-4H3. The van der Waals surface area contributed by atoms with Gasteiger partial charge in [-0.05, 0) is 35.7 Å². The van der Waals surface area contributed by atoms with Gasteiger partial charge in [0, 0.05) is 49.2 Å². The molecule has 0 fully saturated rings. The second kappa shape index (κ2) is 6.55. The summed E-state index contributed by atoms with van der Waals surface area (Å²) in [6.45, 7) is 0. The van der Waals surface area contributed by atoms with Crippen LogP contribution in [0, 0.1) is 0 Å². The van der Waals surface area contributed by atoms with Crippen molar-refractivity contribution in [3.8, 4) is 0 Å². The van der Waals surface area contributed by atoms with Crippen LogP contribution >= 0.6 is 15.9 Å². The lowest BCUT2D eigenvalue weighted by atomic mass is 9.93. The monoisotopic (exact) mass is 478 g/mol. The van der Waals surface area contributed by atoms with E-state index in [0.717, 1.165) is 15.4 Å². The molecule has 1 aromatic heterocycles. The Morgan fingerprint density at radius 1 is 0.839 bits per heavy atom. The van der Waals surface area contributed by atoms with Crippen LogP contribution in [0.3, 0.4) is 0 Å². The second-order valence-corrected chi connectivity index (χ2v) is 8.75. The Bertz CT molecular complexity index is 1490. The maximum Gasteiger partial charge on any atom is 0.328 e. The number of rotatable bonds is 2. The van der Waals surface area contributed by atoms with E-state index < -0.39 is 0 Å². The molecule has 156 valence electrons. The van der Waals surface area contributed by atoms with E-state index in [1.807, 2.05) is 43.3 Å². The van der Waals surface area contributed by atoms with E-state index in [4.69, 9.17) is 0 Å². The molecule has 0 N–H and O–H groups in total. The summed E-state index contributed by atoms with van der Waals surface area (Å²) < 4.78 is 3.90. The molecule has 2 amide bonds. The molecule has 1 aliphatic heterocycles. The van der Waals surface area contributed by atoms with Gasteiger partial charge in [-0.1, -0.05) is 28.1 Å². The fourth-order valence-electron chi connectivity index (χ4n) is 4.34. The molecule has 4 aromatic rings. The zero-order valence-corrected chi connectivity index (χ0v) is 19.0. The molecule has 0 atom stereocenters. The van der Waals surface area contributed by atoms with Crippen LogP contribution in [0.15, 0.2) is 51.7 Å². The second-order valence-electron chi connectivity index (χ2n) is 7.89. The molecule has 1 aliphatic rings. The van der Waals surface area contributed by atoms with E-state index in [2.05, 4.69) is 15.9 Å². The van der Waals surface area contributed by atoms with E-state index in [1.165, 1.54) is 9.47 Å². The van der Waals surface area contributed by atoms with E-state index in [0.29, 0.717) is 33.4 Å². The number of aromatic nitrogens is 2. The van der Waals surface area contributed by atoms with Crippen molar-refractivity contribution in [2.24, 2.45) is 14.1 Å². The molecule has 0 aliphatic carbocycles. The van der Waals surface area contributed by atoms with Crippen LogP contribution in [0.5, 0.6) is 0 Å². The molecular weight excluding hydrogens is 460 g/mol. The normalized spacial score (nSPS) is 13.5. The number of nitrogens with zero attached hydrogens (tertiary/aromatic N) is 4. The van der Waals surface area contributed by atoms with Crippen molar-refractivity contribution in [2.45, 2.75) is 0 Å². The first kappa shape index (κ1) is 19.6. The van der Waals surface area contributed by atoms with E-state index in [-0.39, 0.29) is 17.5 Å². The molecule has 0 saturated heterocycles. The van der Waals surface area contributed by atoms with Crippen molar-refractivity contribution in [1.82, 2.24) is 9.13 Å². The largest absolute Gasteiger partial charge is 0.376 e. The number of aryl methyl sites for hydroxylation is 2. The van der Waals surface area contributed by atoms with Crippen LogP contribution in [-0.2, 0) is 14.1 Å². The first-order valence-corrected chi connectivity index (χ1v) is 10.5. The molecule has 5 rings (SSSR count). The Morgan fingerprint density at radius 2 is 1.45 bits per heavy atom. The maximum absolute atomic E-state index is 13.6. The number of halogens is 1. The molecule has 8 heteroatoms. The summed E-state index contributed by atoms with van der Waals surface area (Å²) in [7, 11) is 7.07. The van der Waals surface area contributed by atoms with Gasteiger partial charge in [0.15, 0.2) is 0 Å². The van der Waals surface area contributed by atoms with Crippen molar-refractivity contribution in [3.63, 3.8) is 0 Å². The number of amides is 2. The van der Waals surface area contributed by atoms with Gasteiger partial charge in [-0.15, -0.1) is 0 Å². The third-order valence-corrected chi connectivity index (χ3v) is 6.64. The maximum atomic E-state index is 13.6. The van der Waals surface area contributed by atoms with Gasteiger partial charge in [0.2, 0.25) is 0 Å². The van der Waals surface area contributed by atoms with Gasteiger partial charge < -0.3 is 4.90 Å². The fraction of sp³-hybridized carbons (Fsp3) is 0.174. The molecule has 0 spiro atoms. The lowest BCUT2D eigenvalue weighted by Crippen LogP contribution is -2.41. The SMILES string of the molecule is CN(C)c1cc2c(cc1N1C(=O)c3cccc4c(Br)ccc(c34)C1=O)n(C)c(=O)n2C. The van der Waals surface area contributed by atoms with Crippen LogP contribution in [0.25, 0.3) is 21.8 Å². The average Bonchev–Trinajstić information content (AvgIpc) is 2.96. The quantitative estimate of drug-likeness (QED) is 0.412. The van der Waals surface area contributed by atoms with Crippen molar-refractivity contribution >= 4 is 60.9 Å². The molecule has 0 radical (unpaired) electrons. The highest BCUT2D eigenvalue weighted by atomic mass is 79.9. The molecular formula is C23H19BrN4O3. The third kappa shape index (κ3) is 2.54. The molecule has 7 nitrogen and oxygen atoms in total. The summed E-state index contributed by atoms with van der Waals surface area (Å²) >= 11 is 3.52. The first-order valence-electron chi connectivity index (χ1n) is 9.69. The number of imidazole rings is 1. The predicted octanol–water partition coefficient (Wildman–Crippen LogP) is 3.66. The summed E-state index contributed by atoms with van der Waals surface area (Å²) in [6, 6.07) is 12.6. The van der Waals surface area contributed by atoms with Gasteiger partial charge in [-0.25, -0.2) is 9.69 Å². The molecule has 3 aromatic carbocycles. The Hall–Kier alpha value is -3.39. The number of anilines is 2. The Morgan fingerprint density at radius 3 is 2.10 bits per heavy atom. The number of carbonyl (C=O) groups excluding carboxylic acids is 2. The minimum Gasteiger partial charge on any atom is -0.376 e. The van der Waals surface area contributed by atoms with Crippen LogP contribution in [-0.4, -0.2) is 35.0 Å². The number of carbonyl (C=O) groups is 2. The summed E-state index contributed by atoms with van der Waals surface area (Å²) in [5, 5.41) is 1.48. The molecule has 0 saturated carbocycles. The average molecular weight is 479 g/mol. The minimum atomic E-state index is -0.385. The lowest BCUT2D eigenvalue weighted by molar-refractivity contribution is 0.0893. The smallest absolute Gasteiger partial charge is 0.328 e. The fourth-order valence-corrected chi connectivity index (χ4v) is 4.80. The Balaban J connectivity index is 1.83. The van der Waals surface area contributed by atoms with Crippen molar-refractivity contribution in [1.29, 1.82) is 0 Å². The van der Waals surface area contributed by atoms with E-state index >= 15 is 0 Å². The molecule has 31 heavy (non-hydrogen) atoms. The van der Waals surface area contributed by atoms with Gasteiger partial charge in [0.25, 0.3) is 11.8 Å². The topological polar surface area (TPSA) is 67.6 Å². The molecule has 2 heterocycles. The Kier molecular flexibility index (Phi) is 4.14. The number of imide groups is 1. The summed E-state index contributed by atoms with van der Waals surface area (Å²) in [6.07, 6.45) is 0. The number of benzene rings is 3. The highest BCUT2D eigenvalue weighted by Gasteiger charge is 2.36. The molecule has 0 bridgehead atoms. The lowest BCUT2D eigenvalue weighted by Gasteiger charge is -2.30. The van der Waals surface area contributed by atoms with Gasteiger partial charge in [0.05, 0.1) is 22.4 Å². The Labute approximate surface area is 186 Å². The third-order valence-electron chi connectivity index (χ3n) is 5.95. The van der Waals surface area contributed by atoms with E-state index in [1.54, 1.807) is 36.9 Å². The van der Waals surface area contributed by atoms with Gasteiger partial charge in [-0.2, -0.15) is 0 Å². The van der Waals surface area contributed by atoms with Crippen LogP contribution < -0.4 is 15.5 Å². The highest BCUT2D eigenvalue weighted by Crippen LogP contribution is 2.40. The molecule has 0 unspecified atom stereocenters. The van der Waals surface area contributed by atoms with Gasteiger partial charge >= 0.3 is 5.69 Å². The highest BCUT2D eigenvalue weighted by molar-refractivity contribution is 9.10. The summed E-state index contributed by atoms with van der Waals surface area (Å²) in [4.78, 5) is 42.7.